The van der Waals surface area contributed by atoms with Crippen LogP contribution in [0.3, 0.4) is 0 Å². The van der Waals surface area contributed by atoms with Crippen molar-refractivity contribution in [3.63, 3.8) is 0 Å². The second-order valence-electron chi connectivity index (χ2n) is 5.42. The van der Waals surface area contributed by atoms with Crippen LogP contribution in [0.15, 0.2) is 42.2 Å². The minimum Gasteiger partial charge on any atom is -0.459 e. The number of hydrogen-bond acceptors (Lipinski definition) is 2. The molecule has 0 fully saturated rings. The second kappa shape index (κ2) is 6.83. The SMILES string of the molecule is CC(=O)NCC1=CCc2cc(F)cc(-c3c(Cl)cccc3Cl)c2O1. The van der Waals surface area contributed by atoms with Gasteiger partial charge in [0, 0.05) is 23.6 Å². The number of rotatable bonds is 3. The number of hydrogen-bond donors (Lipinski definition) is 1. The van der Waals surface area contributed by atoms with E-state index in [1.54, 1.807) is 18.2 Å². The number of carbonyl (C=O) groups excluding carboxylic acids is 1. The summed E-state index contributed by atoms with van der Waals surface area (Å²) in [4.78, 5) is 11.1. The lowest BCUT2D eigenvalue weighted by Crippen LogP contribution is -2.25. The zero-order chi connectivity index (χ0) is 17.3. The molecule has 1 amide bonds. The van der Waals surface area contributed by atoms with Gasteiger partial charge in [-0.15, -0.1) is 0 Å². The Kier molecular flexibility index (Phi) is 4.78. The van der Waals surface area contributed by atoms with Crippen molar-refractivity contribution in [2.24, 2.45) is 0 Å². The number of halogens is 3. The summed E-state index contributed by atoms with van der Waals surface area (Å²) < 4.78 is 19.9. The molecule has 124 valence electrons. The zero-order valence-corrected chi connectivity index (χ0v) is 14.3. The summed E-state index contributed by atoms with van der Waals surface area (Å²) >= 11 is 12.5. The number of benzene rings is 2. The fraction of sp³-hybridized carbons (Fsp3) is 0.167. The Bertz CT molecular complexity index is 829. The lowest BCUT2D eigenvalue weighted by atomic mass is 9.97. The fourth-order valence-corrected chi connectivity index (χ4v) is 3.18. The van der Waals surface area contributed by atoms with Crippen LogP contribution in [0.5, 0.6) is 5.75 Å². The van der Waals surface area contributed by atoms with Gasteiger partial charge in [-0.3, -0.25) is 4.79 Å². The molecule has 0 aliphatic carbocycles. The molecule has 2 aromatic carbocycles. The van der Waals surface area contributed by atoms with Crippen molar-refractivity contribution in [2.45, 2.75) is 13.3 Å². The number of carbonyl (C=O) groups is 1. The summed E-state index contributed by atoms with van der Waals surface area (Å²) in [7, 11) is 0. The maximum absolute atomic E-state index is 14.0. The topological polar surface area (TPSA) is 38.3 Å². The first-order chi connectivity index (χ1) is 11.5. The molecule has 0 bridgehead atoms. The molecule has 0 saturated heterocycles. The van der Waals surface area contributed by atoms with E-state index < -0.39 is 0 Å². The number of allylic oxidation sites excluding steroid dienone is 1. The molecule has 3 nitrogen and oxygen atoms in total. The van der Waals surface area contributed by atoms with Crippen LogP contribution < -0.4 is 10.1 Å². The molecule has 3 rings (SSSR count). The largest absolute Gasteiger partial charge is 0.459 e. The van der Waals surface area contributed by atoms with E-state index in [0.29, 0.717) is 44.7 Å². The number of ether oxygens (including phenoxy) is 1. The molecule has 6 heteroatoms. The van der Waals surface area contributed by atoms with Gasteiger partial charge in [0.1, 0.15) is 17.3 Å². The minimum atomic E-state index is -0.387. The quantitative estimate of drug-likeness (QED) is 0.851. The van der Waals surface area contributed by atoms with E-state index in [1.807, 2.05) is 6.08 Å². The van der Waals surface area contributed by atoms with Crippen LogP contribution in [-0.4, -0.2) is 12.5 Å². The smallest absolute Gasteiger partial charge is 0.217 e. The summed E-state index contributed by atoms with van der Waals surface area (Å²) in [6, 6.07) is 7.89. The Morgan fingerprint density at radius 1 is 1.29 bits per heavy atom. The summed E-state index contributed by atoms with van der Waals surface area (Å²) in [6.45, 7) is 1.70. The first-order valence-corrected chi connectivity index (χ1v) is 8.09. The molecule has 0 spiro atoms. The Labute approximate surface area is 149 Å². The highest BCUT2D eigenvalue weighted by Gasteiger charge is 2.22. The standard InChI is InChI=1S/C18H14Cl2FNO2/c1-10(23)22-9-13-6-5-11-7-12(21)8-14(18(11)24-13)17-15(19)3-2-4-16(17)20/h2-4,6-8H,5,9H2,1H3,(H,22,23). The summed E-state index contributed by atoms with van der Waals surface area (Å²) in [5.74, 6) is 0.559. The summed E-state index contributed by atoms with van der Waals surface area (Å²) in [5, 5.41) is 3.51. The number of fused-ring (bicyclic) bond motifs is 1. The third kappa shape index (κ3) is 3.40. The maximum atomic E-state index is 14.0. The van der Waals surface area contributed by atoms with Gasteiger partial charge in [0.25, 0.3) is 0 Å². The molecule has 24 heavy (non-hydrogen) atoms. The Morgan fingerprint density at radius 2 is 2.00 bits per heavy atom. The molecule has 0 saturated carbocycles. The van der Waals surface area contributed by atoms with E-state index in [0.717, 1.165) is 0 Å². The Hall–Kier alpha value is -2.04. The van der Waals surface area contributed by atoms with Gasteiger partial charge in [-0.2, -0.15) is 0 Å². The van der Waals surface area contributed by atoms with Crippen LogP contribution >= 0.6 is 23.2 Å². The van der Waals surface area contributed by atoms with Gasteiger partial charge in [-0.1, -0.05) is 29.3 Å². The monoisotopic (exact) mass is 365 g/mol. The van der Waals surface area contributed by atoms with E-state index >= 15 is 0 Å². The molecule has 0 atom stereocenters. The zero-order valence-electron chi connectivity index (χ0n) is 12.8. The van der Waals surface area contributed by atoms with Gasteiger partial charge < -0.3 is 10.1 Å². The molecule has 0 radical (unpaired) electrons. The lowest BCUT2D eigenvalue weighted by Gasteiger charge is -2.22. The van der Waals surface area contributed by atoms with Crippen molar-refractivity contribution >= 4 is 29.1 Å². The van der Waals surface area contributed by atoms with Crippen LogP contribution in [0.4, 0.5) is 4.39 Å². The fourth-order valence-electron chi connectivity index (χ4n) is 2.58. The molecule has 1 aliphatic heterocycles. The van der Waals surface area contributed by atoms with Crippen molar-refractivity contribution in [3.8, 4) is 16.9 Å². The maximum Gasteiger partial charge on any atom is 0.217 e. The van der Waals surface area contributed by atoms with E-state index in [9.17, 15) is 9.18 Å². The van der Waals surface area contributed by atoms with Crippen LogP contribution in [0.1, 0.15) is 12.5 Å². The van der Waals surface area contributed by atoms with Crippen molar-refractivity contribution in [2.75, 3.05) is 6.54 Å². The van der Waals surface area contributed by atoms with Crippen LogP contribution in [0, 0.1) is 5.82 Å². The predicted octanol–water partition coefficient (Wildman–Crippen LogP) is 4.75. The van der Waals surface area contributed by atoms with Crippen molar-refractivity contribution in [1.82, 2.24) is 5.32 Å². The second-order valence-corrected chi connectivity index (χ2v) is 6.24. The highest BCUT2D eigenvalue weighted by Crippen LogP contribution is 2.43. The lowest BCUT2D eigenvalue weighted by molar-refractivity contribution is -0.118. The number of nitrogens with one attached hydrogen (secondary N) is 1. The Balaban J connectivity index is 2.05. The van der Waals surface area contributed by atoms with Crippen molar-refractivity contribution in [1.29, 1.82) is 0 Å². The van der Waals surface area contributed by atoms with Gasteiger partial charge >= 0.3 is 0 Å². The molecule has 2 aromatic rings. The first kappa shape index (κ1) is 16.8. The third-order valence-corrected chi connectivity index (χ3v) is 4.29. The van der Waals surface area contributed by atoms with E-state index in [-0.39, 0.29) is 18.3 Å². The van der Waals surface area contributed by atoms with E-state index in [1.165, 1.54) is 19.1 Å². The minimum absolute atomic E-state index is 0.154. The molecule has 1 N–H and O–H groups in total. The average Bonchev–Trinajstić information content (AvgIpc) is 2.52. The van der Waals surface area contributed by atoms with Crippen LogP contribution in [0.25, 0.3) is 11.1 Å². The Morgan fingerprint density at radius 3 is 2.67 bits per heavy atom. The molecular weight excluding hydrogens is 352 g/mol. The molecule has 0 unspecified atom stereocenters. The van der Waals surface area contributed by atoms with E-state index in [2.05, 4.69) is 5.32 Å². The molecule has 0 aromatic heterocycles. The average molecular weight is 366 g/mol. The van der Waals surface area contributed by atoms with Crippen LogP contribution in [0.2, 0.25) is 10.0 Å². The molecular formula is C18H14Cl2FNO2. The highest BCUT2D eigenvalue weighted by molar-refractivity contribution is 6.39. The third-order valence-electron chi connectivity index (χ3n) is 3.66. The van der Waals surface area contributed by atoms with Crippen LogP contribution in [-0.2, 0) is 11.2 Å². The van der Waals surface area contributed by atoms with Gasteiger partial charge in [0.2, 0.25) is 5.91 Å². The van der Waals surface area contributed by atoms with Gasteiger partial charge in [0.05, 0.1) is 16.6 Å². The molecule has 1 aliphatic rings. The highest BCUT2D eigenvalue weighted by atomic mass is 35.5. The molecule has 1 heterocycles. The first-order valence-electron chi connectivity index (χ1n) is 7.34. The van der Waals surface area contributed by atoms with E-state index in [4.69, 9.17) is 27.9 Å². The normalized spacial score (nSPS) is 12.9. The van der Waals surface area contributed by atoms with Crippen molar-refractivity contribution < 1.29 is 13.9 Å². The van der Waals surface area contributed by atoms with Crippen molar-refractivity contribution in [3.05, 3.63) is 63.6 Å². The summed E-state index contributed by atoms with van der Waals surface area (Å²) in [6.07, 6.45) is 2.31. The van der Waals surface area contributed by atoms with Gasteiger partial charge in [0.15, 0.2) is 0 Å². The number of amides is 1. The van der Waals surface area contributed by atoms with Gasteiger partial charge in [-0.05, 0) is 36.8 Å². The summed E-state index contributed by atoms with van der Waals surface area (Å²) in [5.41, 5.74) is 1.72. The predicted molar refractivity (Wildman–Crippen MR) is 93.0 cm³/mol. The van der Waals surface area contributed by atoms with Gasteiger partial charge in [-0.25, -0.2) is 4.39 Å².